The molecule has 0 bridgehead atoms. The summed E-state index contributed by atoms with van der Waals surface area (Å²) in [7, 11) is 0. The minimum Gasteiger partial charge on any atom is -0.326 e. The van der Waals surface area contributed by atoms with Crippen LogP contribution in [0.1, 0.15) is 15.9 Å². The third-order valence-electron chi connectivity index (χ3n) is 2.80. The Bertz CT molecular complexity index is 660. The van der Waals surface area contributed by atoms with E-state index in [-0.39, 0.29) is 18.2 Å². The lowest BCUT2D eigenvalue weighted by Crippen LogP contribution is -2.16. The molecule has 0 heterocycles. The number of amides is 1. The second-order valence-electron chi connectivity index (χ2n) is 4.20. The molecule has 0 fully saturated rings. The van der Waals surface area contributed by atoms with Crippen molar-refractivity contribution < 1.29 is 22.4 Å². The lowest BCUT2D eigenvalue weighted by Gasteiger charge is -2.09. The Kier molecular flexibility index (Phi) is 4.23. The van der Waals surface area contributed by atoms with E-state index in [1.165, 1.54) is 12.1 Å². The SMILES string of the molecule is NCc1ccc(C(=O)Nc2c(F)c(F)cc(F)c2F)cc1. The van der Waals surface area contributed by atoms with Gasteiger partial charge in [0, 0.05) is 18.2 Å². The molecule has 0 spiro atoms. The van der Waals surface area contributed by atoms with Crippen LogP contribution in [0.4, 0.5) is 23.2 Å². The van der Waals surface area contributed by atoms with Crippen LogP contribution in [-0.2, 0) is 6.54 Å². The van der Waals surface area contributed by atoms with Crippen molar-refractivity contribution in [2.45, 2.75) is 6.54 Å². The Balaban J connectivity index is 2.31. The van der Waals surface area contributed by atoms with Crippen LogP contribution in [-0.4, -0.2) is 5.91 Å². The van der Waals surface area contributed by atoms with E-state index in [1.807, 2.05) is 5.32 Å². The van der Waals surface area contributed by atoms with Gasteiger partial charge in [0.15, 0.2) is 23.3 Å². The number of hydrogen-bond acceptors (Lipinski definition) is 2. The van der Waals surface area contributed by atoms with Crippen molar-refractivity contribution in [3.05, 3.63) is 64.7 Å². The molecule has 0 saturated carbocycles. The van der Waals surface area contributed by atoms with Crippen molar-refractivity contribution in [3.63, 3.8) is 0 Å². The van der Waals surface area contributed by atoms with Gasteiger partial charge in [-0.2, -0.15) is 0 Å². The van der Waals surface area contributed by atoms with Gasteiger partial charge in [0.25, 0.3) is 5.91 Å². The summed E-state index contributed by atoms with van der Waals surface area (Å²) in [5, 5.41) is 1.81. The molecule has 3 N–H and O–H groups in total. The fourth-order valence-corrected chi connectivity index (χ4v) is 1.66. The fraction of sp³-hybridized carbons (Fsp3) is 0.0714. The molecular weight excluding hydrogens is 288 g/mol. The minimum atomic E-state index is -1.67. The zero-order chi connectivity index (χ0) is 15.6. The molecule has 110 valence electrons. The van der Waals surface area contributed by atoms with E-state index in [0.717, 1.165) is 5.56 Å². The predicted molar refractivity (Wildman–Crippen MR) is 68.6 cm³/mol. The molecule has 0 aliphatic carbocycles. The van der Waals surface area contributed by atoms with Crippen LogP contribution in [0.3, 0.4) is 0 Å². The number of anilines is 1. The van der Waals surface area contributed by atoms with Gasteiger partial charge in [0.1, 0.15) is 5.69 Å². The Labute approximate surface area is 117 Å². The van der Waals surface area contributed by atoms with E-state index in [4.69, 9.17) is 5.73 Å². The Morgan fingerprint density at radius 2 is 1.52 bits per heavy atom. The third kappa shape index (κ3) is 3.03. The van der Waals surface area contributed by atoms with E-state index in [2.05, 4.69) is 0 Å². The molecule has 0 radical (unpaired) electrons. The molecule has 0 unspecified atom stereocenters. The molecule has 1 amide bonds. The zero-order valence-corrected chi connectivity index (χ0v) is 10.6. The van der Waals surface area contributed by atoms with E-state index in [1.54, 1.807) is 12.1 Å². The molecular formula is C14H10F4N2O. The molecule has 2 rings (SSSR count). The molecule has 0 aliphatic heterocycles. The van der Waals surface area contributed by atoms with Gasteiger partial charge in [-0.15, -0.1) is 0 Å². The maximum Gasteiger partial charge on any atom is 0.255 e. The minimum absolute atomic E-state index is 0.0654. The summed E-state index contributed by atoms with van der Waals surface area (Å²) in [5.41, 5.74) is 5.04. The van der Waals surface area contributed by atoms with E-state index in [9.17, 15) is 22.4 Å². The fourth-order valence-electron chi connectivity index (χ4n) is 1.66. The topological polar surface area (TPSA) is 55.1 Å². The first-order valence-electron chi connectivity index (χ1n) is 5.87. The van der Waals surface area contributed by atoms with Crippen molar-refractivity contribution in [1.82, 2.24) is 0 Å². The van der Waals surface area contributed by atoms with Crippen LogP contribution in [0.15, 0.2) is 30.3 Å². The van der Waals surface area contributed by atoms with Gasteiger partial charge < -0.3 is 11.1 Å². The highest BCUT2D eigenvalue weighted by atomic mass is 19.2. The van der Waals surface area contributed by atoms with Crippen LogP contribution < -0.4 is 11.1 Å². The normalized spacial score (nSPS) is 10.5. The summed E-state index contributed by atoms with van der Waals surface area (Å²) in [6.45, 7) is 0.264. The first-order chi connectivity index (χ1) is 9.93. The summed E-state index contributed by atoms with van der Waals surface area (Å²) in [4.78, 5) is 11.8. The summed E-state index contributed by atoms with van der Waals surface area (Å²) < 4.78 is 52.9. The second kappa shape index (κ2) is 5.92. The Morgan fingerprint density at radius 1 is 1.00 bits per heavy atom. The average molecular weight is 298 g/mol. The van der Waals surface area contributed by atoms with Gasteiger partial charge >= 0.3 is 0 Å². The number of halogens is 4. The number of carbonyl (C=O) groups is 1. The number of benzene rings is 2. The van der Waals surface area contributed by atoms with Crippen LogP contribution in [0.25, 0.3) is 0 Å². The van der Waals surface area contributed by atoms with Gasteiger partial charge in [-0.25, -0.2) is 17.6 Å². The number of nitrogens with two attached hydrogens (primary N) is 1. The van der Waals surface area contributed by atoms with Crippen LogP contribution in [0.2, 0.25) is 0 Å². The summed E-state index contributed by atoms with van der Waals surface area (Å²) in [6, 6.07) is 5.92. The smallest absolute Gasteiger partial charge is 0.255 e. The molecule has 21 heavy (non-hydrogen) atoms. The number of nitrogens with one attached hydrogen (secondary N) is 1. The Hall–Kier alpha value is -2.41. The molecule has 2 aromatic rings. The van der Waals surface area contributed by atoms with Crippen LogP contribution in [0, 0.1) is 23.3 Å². The molecule has 2 aromatic carbocycles. The average Bonchev–Trinajstić information content (AvgIpc) is 2.49. The lowest BCUT2D eigenvalue weighted by atomic mass is 10.1. The Morgan fingerprint density at radius 3 is 2.00 bits per heavy atom. The molecule has 0 atom stereocenters. The van der Waals surface area contributed by atoms with E-state index >= 15 is 0 Å². The van der Waals surface area contributed by atoms with Crippen LogP contribution >= 0.6 is 0 Å². The summed E-state index contributed by atoms with van der Waals surface area (Å²) >= 11 is 0. The molecule has 0 aromatic heterocycles. The van der Waals surface area contributed by atoms with Crippen molar-refractivity contribution >= 4 is 11.6 Å². The van der Waals surface area contributed by atoms with Crippen molar-refractivity contribution in [2.75, 3.05) is 5.32 Å². The monoisotopic (exact) mass is 298 g/mol. The molecule has 0 aliphatic rings. The molecule has 0 saturated heterocycles. The highest BCUT2D eigenvalue weighted by molar-refractivity contribution is 6.04. The second-order valence-corrected chi connectivity index (χ2v) is 4.20. The van der Waals surface area contributed by atoms with E-state index < -0.39 is 34.9 Å². The maximum atomic E-state index is 13.4. The molecule has 3 nitrogen and oxygen atoms in total. The number of hydrogen-bond donors (Lipinski definition) is 2. The first-order valence-corrected chi connectivity index (χ1v) is 5.87. The standard InChI is InChI=1S/C14H10F4N2O/c15-9-5-10(16)12(18)13(11(9)17)20-14(21)8-3-1-7(6-19)2-4-8/h1-5H,6,19H2,(H,20,21). The van der Waals surface area contributed by atoms with Crippen molar-refractivity contribution in [3.8, 4) is 0 Å². The zero-order valence-electron chi connectivity index (χ0n) is 10.6. The highest BCUT2D eigenvalue weighted by Crippen LogP contribution is 2.24. The third-order valence-corrected chi connectivity index (χ3v) is 2.80. The van der Waals surface area contributed by atoms with Gasteiger partial charge in [0.05, 0.1) is 0 Å². The van der Waals surface area contributed by atoms with Crippen molar-refractivity contribution in [2.24, 2.45) is 5.73 Å². The lowest BCUT2D eigenvalue weighted by molar-refractivity contribution is 0.102. The van der Waals surface area contributed by atoms with Gasteiger partial charge in [0.2, 0.25) is 0 Å². The highest BCUT2D eigenvalue weighted by Gasteiger charge is 2.21. The quantitative estimate of drug-likeness (QED) is 0.676. The summed E-state index contributed by atoms with van der Waals surface area (Å²) in [6.07, 6.45) is 0. The van der Waals surface area contributed by atoms with Gasteiger partial charge in [-0.3, -0.25) is 4.79 Å². The van der Waals surface area contributed by atoms with E-state index in [0.29, 0.717) is 0 Å². The number of rotatable bonds is 3. The summed E-state index contributed by atoms with van der Waals surface area (Å²) in [5.74, 6) is -7.42. The number of carbonyl (C=O) groups excluding carboxylic acids is 1. The van der Waals surface area contributed by atoms with Gasteiger partial charge in [-0.1, -0.05) is 12.1 Å². The predicted octanol–water partition coefficient (Wildman–Crippen LogP) is 2.95. The maximum absolute atomic E-state index is 13.4. The largest absolute Gasteiger partial charge is 0.326 e. The van der Waals surface area contributed by atoms with Crippen molar-refractivity contribution in [1.29, 1.82) is 0 Å². The van der Waals surface area contributed by atoms with Gasteiger partial charge in [-0.05, 0) is 17.7 Å². The first kappa shape index (κ1) is 15.0. The molecule has 7 heteroatoms. The van der Waals surface area contributed by atoms with Crippen LogP contribution in [0.5, 0.6) is 0 Å².